The Morgan fingerprint density at radius 3 is 1.21 bits per heavy atom. The zero-order valence-corrected chi connectivity index (χ0v) is 17.0. The maximum absolute atomic E-state index is 12.3. The highest BCUT2D eigenvalue weighted by Gasteiger charge is 2.34. The Morgan fingerprint density at radius 1 is 0.583 bits per heavy atom. The maximum atomic E-state index is 12.3. The summed E-state index contributed by atoms with van der Waals surface area (Å²) in [7, 11) is 0. The molecule has 0 radical (unpaired) electrons. The first-order valence-corrected chi connectivity index (χ1v) is 10.9. The average Bonchev–Trinajstić information content (AvgIpc) is 2.57. The Labute approximate surface area is 152 Å². The zero-order chi connectivity index (χ0) is 18.1. The van der Waals surface area contributed by atoms with Gasteiger partial charge in [0.15, 0.2) is 0 Å². The smallest absolute Gasteiger partial charge is 0.223 e. The van der Waals surface area contributed by atoms with Gasteiger partial charge >= 0.3 is 0 Å². The molecule has 0 aromatic carbocycles. The van der Waals surface area contributed by atoms with Crippen molar-refractivity contribution in [1.29, 1.82) is 0 Å². The Morgan fingerprint density at radius 2 is 0.875 bits per heavy atom. The summed E-state index contributed by atoms with van der Waals surface area (Å²) in [5.74, 6) is -0.0240. The molecule has 0 fully saturated rings. The van der Waals surface area contributed by atoms with Crippen LogP contribution in [0.25, 0.3) is 0 Å². The van der Waals surface area contributed by atoms with Gasteiger partial charge < -0.3 is 5.73 Å². The van der Waals surface area contributed by atoms with Crippen molar-refractivity contribution in [2.75, 3.05) is 0 Å². The van der Waals surface area contributed by atoms with Crippen molar-refractivity contribution in [3.8, 4) is 0 Å². The van der Waals surface area contributed by atoms with Crippen molar-refractivity contribution in [2.45, 2.75) is 130 Å². The molecule has 0 bridgehead atoms. The number of carbonyl (C=O) groups excluding carboxylic acids is 1. The van der Waals surface area contributed by atoms with Crippen LogP contribution in [-0.4, -0.2) is 5.91 Å². The molecule has 2 heteroatoms. The van der Waals surface area contributed by atoms with Crippen LogP contribution in [0, 0.1) is 5.41 Å². The van der Waals surface area contributed by atoms with Crippen molar-refractivity contribution in [1.82, 2.24) is 0 Å². The van der Waals surface area contributed by atoms with Gasteiger partial charge in [-0.15, -0.1) is 0 Å². The molecule has 0 aliphatic rings. The number of hydrogen-bond acceptors (Lipinski definition) is 1. The monoisotopic (exact) mass is 339 g/mol. The third kappa shape index (κ3) is 11.1. The van der Waals surface area contributed by atoms with Gasteiger partial charge in [0.25, 0.3) is 0 Å². The maximum Gasteiger partial charge on any atom is 0.223 e. The normalized spacial score (nSPS) is 11.8. The molecule has 24 heavy (non-hydrogen) atoms. The first-order valence-electron chi connectivity index (χ1n) is 10.9. The van der Waals surface area contributed by atoms with Crippen LogP contribution in [0.4, 0.5) is 0 Å². The van der Waals surface area contributed by atoms with Crippen LogP contribution >= 0.6 is 0 Å². The van der Waals surface area contributed by atoms with E-state index in [1.165, 1.54) is 89.9 Å². The standard InChI is InChI=1S/C22H45NO/c1-4-7-10-13-14-17-20-22(21(23)24,18-15-11-8-5-2)19-16-12-9-6-3/h4-20H2,1-3H3,(H2,23,24). The highest BCUT2D eigenvalue weighted by Crippen LogP contribution is 2.37. The quantitative estimate of drug-likeness (QED) is 0.265. The largest absolute Gasteiger partial charge is 0.369 e. The predicted molar refractivity (Wildman–Crippen MR) is 107 cm³/mol. The van der Waals surface area contributed by atoms with Crippen LogP contribution in [0.5, 0.6) is 0 Å². The molecule has 0 rings (SSSR count). The van der Waals surface area contributed by atoms with E-state index in [0.29, 0.717) is 0 Å². The minimum absolute atomic E-state index is 0.0240. The second kappa shape index (κ2) is 16.0. The van der Waals surface area contributed by atoms with Gasteiger partial charge in [0.1, 0.15) is 0 Å². The molecule has 0 aromatic heterocycles. The third-order valence-corrected chi connectivity index (χ3v) is 5.55. The Kier molecular flexibility index (Phi) is 15.6. The number of unbranched alkanes of at least 4 members (excludes halogenated alkanes) is 11. The highest BCUT2D eigenvalue weighted by molar-refractivity contribution is 5.80. The Balaban J connectivity index is 4.46. The summed E-state index contributed by atoms with van der Waals surface area (Å²) in [5.41, 5.74) is 5.71. The van der Waals surface area contributed by atoms with E-state index in [1.807, 2.05) is 0 Å². The summed E-state index contributed by atoms with van der Waals surface area (Å²) < 4.78 is 0. The zero-order valence-electron chi connectivity index (χ0n) is 17.0. The molecule has 0 aromatic rings. The second-order valence-electron chi connectivity index (χ2n) is 7.78. The number of primary amides is 1. The Hall–Kier alpha value is -0.530. The van der Waals surface area contributed by atoms with E-state index in [0.717, 1.165) is 19.3 Å². The van der Waals surface area contributed by atoms with Crippen molar-refractivity contribution in [2.24, 2.45) is 11.1 Å². The number of rotatable bonds is 18. The van der Waals surface area contributed by atoms with E-state index in [-0.39, 0.29) is 11.3 Å². The predicted octanol–water partition coefficient (Wildman–Crippen LogP) is 7.15. The van der Waals surface area contributed by atoms with E-state index in [9.17, 15) is 4.79 Å². The number of amides is 1. The summed E-state index contributed by atoms with van der Waals surface area (Å²) in [4.78, 5) is 12.3. The molecular formula is C22H45NO. The second-order valence-corrected chi connectivity index (χ2v) is 7.78. The topological polar surface area (TPSA) is 43.1 Å². The van der Waals surface area contributed by atoms with Crippen LogP contribution in [-0.2, 0) is 4.79 Å². The molecule has 2 N–H and O–H groups in total. The van der Waals surface area contributed by atoms with Gasteiger partial charge in [-0.3, -0.25) is 4.79 Å². The van der Waals surface area contributed by atoms with Crippen molar-refractivity contribution >= 4 is 5.91 Å². The van der Waals surface area contributed by atoms with E-state index in [1.54, 1.807) is 0 Å². The van der Waals surface area contributed by atoms with Gasteiger partial charge in [-0.25, -0.2) is 0 Å². The molecule has 0 saturated carbocycles. The van der Waals surface area contributed by atoms with Crippen LogP contribution in [0.1, 0.15) is 130 Å². The van der Waals surface area contributed by atoms with Crippen LogP contribution in [0.2, 0.25) is 0 Å². The summed E-state index contributed by atoms with van der Waals surface area (Å²) in [6, 6.07) is 0. The van der Waals surface area contributed by atoms with E-state index in [4.69, 9.17) is 5.73 Å². The molecule has 0 saturated heterocycles. The van der Waals surface area contributed by atoms with Gasteiger partial charge in [-0.1, -0.05) is 111 Å². The van der Waals surface area contributed by atoms with E-state index < -0.39 is 0 Å². The lowest BCUT2D eigenvalue weighted by molar-refractivity contribution is -0.129. The average molecular weight is 340 g/mol. The highest BCUT2D eigenvalue weighted by atomic mass is 16.1. The lowest BCUT2D eigenvalue weighted by atomic mass is 9.73. The minimum Gasteiger partial charge on any atom is -0.369 e. The first kappa shape index (κ1) is 23.5. The molecule has 0 aliphatic carbocycles. The first-order chi connectivity index (χ1) is 11.6. The summed E-state index contributed by atoms with van der Waals surface area (Å²) in [6.45, 7) is 6.73. The molecule has 0 heterocycles. The summed E-state index contributed by atoms with van der Waals surface area (Å²) in [5, 5.41) is 0. The Bertz CT molecular complexity index is 276. The fourth-order valence-corrected chi connectivity index (χ4v) is 3.77. The van der Waals surface area contributed by atoms with Crippen LogP contribution < -0.4 is 5.73 Å². The fourth-order valence-electron chi connectivity index (χ4n) is 3.77. The molecule has 0 atom stereocenters. The molecule has 2 nitrogen and oxygen atoms in total. The van der Waals surface area contributed by atoms with Gasteiger partial charge in [0.2, 0.25) is 5.91 Å². The van der Waals surface area contributed by atoms with Gasteiger partial charge in [0, 0.05) is 5.41 Å². The molecule has 1 amide bonds. The number of hydrogen-bond donors (Lipinski definition) is 1. The number of nitrogens with two attached hydrogens (primary N) is 1. The lowest BCUT2D eigenvalue weighted by Crippen LogP contribution is -2.37. The van der Waals surface area contributed by atoms with Crippen molar-refractivity contribution in [3.05, 3.63) is 0 Å². The molecule has 0 spiro atoms. The molecular weight excluding hydrogens is 294 g/mol. The summed E-state index contributed by atoms with van der Waals surface area (Å²) >= 11 is 0. The van der Waals surface area contributed by atoms with Gasteiger partial charge in [-0.05, 0) is 19.3 Å². The van der Waals surface area contributed by atoms with Crippen molar-refractivity contribution in [3.63, 3.8) is 0 Å². The van der Waals surface area contributed by atoms with Gasteiger partial charge in [-0.2, -0.15) is 0 Å². The van der Waals surface area contributed by atoms with E-state index >= 15 is 0 Å². The van der Waals surface area contributed by atoms with Crippen LogP contribution in [0.3, 0.4) is 0 Å². The fraction of sp³-hybridized carbons (Fsp3) is 0.955. The summed E-state index contributed by atoms with van der Waals surface area (Å²) in [6.07, 6.45) is 20.7. The van der Waals surface area contributed by atoms with Gasteiger partial charge in [0.05, 0.1) is 0 Å². The lowest BCUT2D eigenvalue weighted by Gasteiger charge is -2.31. The van der Waals surface area contributed by atoms with E-state index in [2.05, 4.69) is 20.8 Å². The third-order valence-electron chi connectivity index (χ3n) is 5.55. The van der Waals surface area contributed by atoms with Crippen molar-refractivity contribution < 1.29 is 4.79 Å². The molecule has 0 aliphatic heterocycles. The molecule has 0 unspecified atom stereocenters. The minimum atomic E-state index is -0.216. The SMILES string of the molecule is CCCCCCCCC(CCCCCC)(CCCCCC)C(N)=O. The van der Waals surface area contributed by atoms with Crippen LogP contribution in [0.15, 0.2) is 0 Å². The molecule has 144 valence electrons. The number of carbonyl (C=O) groups is 1.